The lowest BCUT2D eigenvalue weighted by molar-refractivity contribution is 0.0506. The molecule has 0 spiro atoms. The van der Waals surface area contributed by atoms with Crippen LogP contribution in [0, 0.1) is 29.5 Å². The number of nitrogens with zero attached hydrogens (tertiary/aromatic N) is 4. The largest absolute Gasteiger partial charge is 0.473 e. The third-order valence-corrected chi connectivity index (χ3v) is 4.51. The second-order valence-corrected chi connectivity index (χ2v) is 7.09. The predicted octanol–water partition coefficient (Wildman–Crippen LogP) is 3.65. The Morgan fingerprint density at radius 1 is 1.29 bits per heavy atom. The first-order chi connectivity index (χ1) is 14.9. The average Bonchev–Trinajstić information content (AvgIpc) is 2.75. The molecule has 1 aliphatic rings. The fraction of sp³-hybridized carbons (Fsp3) is 0.364. The highest BCUT2D eigenvalue weighted by Gasteiger charge is 2.27. The second kappa shape index (κ2) is 9.77. The molecule has 31 heavy (non-hydrogen) atoms. The minimum Gasteiger partial charge on any atom is -0.473 e. The maximum Gasteiger partial charge on any atom is 0.410 e. The van der Waals surface area contributed by atoms with E-state index in [1.54, 1.807) is 18.7 Å². The molecule has 9 heteroatoms. The maximum atomic E-state index is 13.4. The first-order valence-corrected chi connectivity index (χ1v) is 9.72. The molecule has 1 saturated heterocycles. The fourth-order valence-corrected chi connectivity index (χ4v) is 3.02. The molecule has 0 saturated carbocycles. The summed E-state index contributed by atoms with van der Waals surface area (Å²) in [5.74, 6) is 2.19. The molecule has 1 aromatic carbocycles. The van der Waals surface area contributed by atoms with Gasteiger partial charge in [-0.05, 0) is 32.0 Å². The highest BCUT2D eigenvalue weighted by atomic mass is 19.1. The van der Waals surface area contributed by atoms with Crippen LogP contribution in [0.2, 0.25) is 0 Å². The zero-order valence-corrected chi connectivity index (χ0v) is 17.2. The predicted molar refractivity (Wildman–Crippen MR) is 108 cm³/mol. The molecule has 0 N–H and O–H groups in total. The van der Waals surface area contributed by atoms with Crippen LogP contribution in [-0.4, -0.2) is 46.3 Å². The zero-order chi connectivity index (χ0) is 22.4. The van der Waals surface area contributed by atoms with E-state index in [0.717, 1.165) is 6.07 Å². The third kappa shape index (κ3) is 5.40. The molecule has 1 aliphatic heterocycles. The van der Waals surface area contributed by atoms with Crippen LogP contribution in [0.1, 0.15) is 37.8 Å². The molecule has 0 unspecified atom stereocenters. The van der Waals surface area contributed by atoms with Gasteiger partial charge in [-0.1, -0.05) is 5.92 Å². The van der Waals surface area contributed by atoms with E-state index >= 15 is 0 Å². The van der Waals surface area contributed by atoms with Gasteiger partial charge in [-0.15, -0.1) is 6.42 Å². The van der Waals surface area contributed by atoms with Crippen molar-refractivity contribution in [1.29, 1.82) is 5.26 Å². The number of ether oxygens (including phenoxy) is 3. The normalized spacial score (nSPS) is 13.9. The molecule has 1 fully saturated rings. The van der Waals surface area contributed by atoms with E-state index in [0.29, 0.717) is 25.9 Å². The van der Waals surface area contributed by atoms with Gasteiger partial charge in [0.2, 0.25) is 11.8 Å². The monoisotopic (exact) mass is 424 g/mol. The Kier molecular flexibility index (Phi) is 6.88. The Balaban J connectivity index is 1.71. The Bertz CT molecular complexity index is 1040. The number of rotatable bonds is 5. The van der Waals surface area contributed by atoms with Crippen molar-refractivity contribution in [2.24, 2.45) is 0 Å². The molecule has 3 rings (SSSR count). The van der Waals surface area contributed by atoms with Crippen LogP contribution in [0.3, 0.4) is 0 Å². The lowest BCUT2D eigenvalue weighted by Crippen LogP contribution is -2.42. The number of benzene rings is 1. The number of hydrogen-bond donors (Lipinski definition) is 0. The fourth-order valence-electron chi connectivity index (χ4n) is 3.02. The zero-order valence-electron chi connectivity index (χ0n) is 17.2. The summed E-state index contributed by atoms with van der Waals surface area (Å²) in [4.78, 5) is 21.8. The Hall–Kier alpha value is -3.85. The summed E-state index contributed by atoms with van der Waals surface area (Å²) >= 11 is 0. The van der Waals surface area contributed by atoms with Crippen LogP contribution >= 0.6 is 0 Å². The summed E-state index contributed by atoms with van der Waals surface area (Å²) in [6.45, 7) is 4.57. The standard InChI is InChI=1S/C22H21FN4O4/c1-4-18-20(30-17-7-9-27(10-8-17)22(28)29-14(2)3)25-13-26-21(18)31-19-6-5-16(23)11-15(19)12-24/h1,5-6,11,13-14,17H,7-10H2,2-3H3. The van der Waals surface area contributed by atoms with Crippen molar-refractivity contribution in [2.45, 2.75) is 38.9 Å². The molecular weight excluding hydrogens is 403 g/mol. The minimum atomic E-state index is -0.559. The molecule has 0 aliphatic carbocycles. The Morgan fingerprint density at radius 3 is 2.65 bits per heavy atom. The van der Waals surface area contributed by atoms with Gasteiger partial charge in [0.1, 0.15) is 35.6 Å². The van der Waals surface area contributed by atoms with E-state index < -0.39 is 5.82 Å². The van der Waals surface area contributed by atoms with E-state index in [9.17, 15) is 14.4 Å². The smallest absolute Gasteiger partial charge is 0.410 e. The maximum absolute atomic E-state index is 13.4. The van der Waals surface area contributed by atoms with E-state index in [1.807, 2.05) is 6.07 Å². The van der Waals surface area contributed by atoms with Gasteiger partial charge in [-0.2, -0.15) is 5.26 Å². The van der Waals surface area contributed by atoms with Crippen LogP contribution < -0.4 is 9.47 Å². The van der Waals surface area contributed by atoms with Gasteiger partial charge in [0, 0.05) is 25.9 Å². The number of carbonyl (C=O) groups excluding carboxylic acids is 1. The Morgan fingerprint density at radius 2 is 2.00 bits per heavy atom. The van der Waals surface area contributed by atoms with Crippen molar-refractivity contribution in [1.82, 2.24) is 14.9 Å². The summed E-state index contributed by atoms with van der Waals surface area (Å²) in [5, 5.41) is 9.20. The van der Waals surface area contributed by atoms with E-state index in [2.05, 4.69) is 15.9 Å². The van der Waals surface area contributed by atoms with Crippen LogP contribution in [-0.2, 0) is 4.74 Å². The van der Waals surface area contributed by atoms with Crippen LogP contribution in [0.15, 0.2) is 24.5 Å². The quantitative estimate of drug-likeness (QED) is 0.676. The molecule has 160 valence electrons. The van der Waals surface area contributed by atoms with Crippen molar-refractivity contribution in [3.05, 3.63) is 41.5 Å². The van der Waals surface area contributed by atoms with Crippen LogP contribution in [0.5, 0.6) is 17.5 Å². The molecule has 1 aromatic heterocycles. The van der Waals surface area contributed by atoms with Gasteiger partial charge < -0.3 is 19.1 Å². The summed E-state index contributed by atoms with van der Waals surface area (Å²) < 4.78 is 30.2. The number of amides is 1. The highest BCUT2D eigenvalue weighted by molar-refractivity contribution is 5.67. The van der Waals surface area contributed by atoms with Crippen LogP contribution in [0.25, 0.3) is 0 Å². The molecule has 0 radical (unpaired) electrons. The van der Waals surface area contributed by atoms with Crippen molar-refractivity contribution < 1.29 is 23.4 Å². The summed E-state index contributed by atoms with van der Waals surface area (Å²) in [7, 11) is 0. The molecule has 2 aromatic rings. The molecule has 0 atom stereocenters. The van der Waals surface area contributed by atoms with E-state index in [-0.39, 0.29) is 46.9 Å². The SMILES string of the molecule is C#Cc1c(Oc2ccc(F)cc2C#N)ncnc1OC1CCN(C(=O)OC(C)C)CC1. The number of halogens is 1. The van der Waals surface area contributed by atoms with E-state index in [1.165, 1.54) is 18.5 Å². The van der Waals surface area contributed by atoms with Crippen molar-refractivity contribution >= 4 is 6.09 Å². The first-order valence-electron chi connectivity index (χ1n) is 9.72. The summed E-state index contributed by atoms with van der Waals surface area (Å²) in [6.07, 6.45) is 7.28. The highest BCUT2D eigenvalue weighted by Crippen LogP contribution is 2.31. The van der Waals surface area contributed by atoms with E-state index in [4.69, 9.17) is 20.6 Å². The summed E-state index contributed by atoms with van der Waals surface area (Å²) in [6, 6.07) is 5.41. The average molecular weight is 424 g/mol. The number of piperidine rings is 1. The number of aromatic nitrogens is 2. The van der Waals surface area contributed by atoms with Gasteiger partial charge in [-0.3, -0.25) is 0 Å². The van der Waals surface area contributed by atoms with Gasteiger partial charge in [0.05, 0.1) is 11.7 Å². The Labute approximate surface area is 179 Å². The lowest BCUT2D eigenvalue weighted by atomic mass is 10.1. The van der Waals surface area contributed by atoms with Gasteiger partial charge in [0.15, 0.2) is 0 Å². The molecule has 0 bridgehead atoms. The summed E-state index contributed by atoms with van der Waals surface area (Å²) in [5.41, 5.74) is 0.182. The molecule has 1 amide bonds. The minimum absolute atomic E-state index is 0.00436. The van der Waals surface area contributed by atoms with Crippen molar-refractivity contribution in [3.63, 3.8) is 0 Å². The third-order valence-electron chi connectivity index (χ3n) is 4.51. The lowest BCUT2D eigenvalue weighted by Gasteiger charge is -2.31. The molecule has 2 heterocycles. The first kappa shape index (κ1) is 21.8. The second-order valence-electron chi connectivity index (χ2n) is 7.09. The number of hydrogen-bond acceptors (Lipinski definition) is 7. The molecular formula is C22H21FN4O4. The number of likely N-dealkylation sites (tertiary alicyclic amines) is 1. The van der Waals surface area contributed by atoms with Gasteiger partial charge in [-0.25, -0.2) is 19.2 Å². The van der Waals surface area contributed by atoms with Gasteiger partial charge >= 0.3 is 6.09 Å². The molecule has 8 nitrogen and oxygen atoms in total. The van der Waals surface area contributed by atoms with Crippen molar-refractivity contribution in [2.75, 3.05) is 13.1 Å². The topological polar surface area (TPSA) is 97.6 Å². The number of carbonyl (C=O) groups is 1. The number of nitriles is 1. The van der Waals surface area contributed by atoms with Gasteiger partial charge in [0.25, 0.3) is 0 Å². The van der Waals surface area contributed by atoms with Crippen molar-refractivity contribution in [3.8, 4) is 35.9 Å². The number of terminal acetylenes is 1. The van der Waals surface area contributed by atoms with Crippen LogP contribution in [0.4, 0.5) is 9.18 Å².